The van der Waals surface area contributed by atoms with E-state index in [1.165, 1.54) is 18.9 Å². The lowest BCUT2D eigenvalue weighted by Gasteiger charge is -2.44. The van der Waals surface area contributed by atoms with E-state index in [0.717, 1.165) is 19.3 Å². The Balaban J connectivity index is 1.76. The summed E-state index contributed by atoms with van der Waals surface area (Å²) in [6.45, 7) is 2.10. The summed E-state index contributed by atoms with van der Waals surface area (Å²) in [7, 11) is 1.31. The van der Waals surface area contributed by atoms with E-state index in [1.54, 1.807) is 0 Å². The molecule has 3 N–H and O–H groups in total. The van der Waals surface area contributed by atoms with Crippen molar-refractivity contribution in [1.82, 2.24) is 0 Å². The van der Waals surface area contributed by atoms with E-state index < -0.39 is 23.5 Å². The molecule has 0 radical (unpaired) electrons. The average molecular weight is 329 g/mol. The van der Waals surface area contributed by atoms with Gasteiger partial charge in [-0.1, -0.05) is 6.92 Å². The van der Waals surface area contributed by atoms with Crippen LogP contribution in [0.25, 0.3) is 0 Å². The molecule has 0 spiro atoms. The Bertz CT molecular complexity index is 487. The molecule has 0 aromatic heterocycles. The highest BCUT2D eigenvalue weighted by Gasteiger charge is 2.68. The average Bonchev–Trinajstić information content (AvgIpc) is 2.93. The third-order valence-corrected chi connectivity index (χ3v) is 7.15. The van der Waals surface area contributed by atoms with Gasteiger partial charge in [-0.05, 0) is 31.1 Å². The van der Waals surface area contributed by atoms with E-state index >= 15 is 0 Å². The predicted molar refractivity (Wildman–Crippen MR) is 81.1 cm³/mol. The quantitative estimate of drug-likeness (QED) is 0.716. The molecule has 1 saturated heterocycles. The topological polar surface area (TPSA) is 98.9 Å². The lowest BCUT2D eigenvalue weighted by atomic mass is 9.66. The Labute approximate surface area is 134 Å². The highest BCUT2D eigenvalue weighted by Crippen LogP contribution is 2.58. The van der Waals surface area contributed by atoms with Gasteiger partial charge in [-0.2, -0.15) is 11.8 Å². The van der Waals surface area contributed by atoms with Crippen molar-refractivity contribution < 1.29 is 24.2 Å². The maximum absolute atomic E-state index is 12.3. The monoisotopic (exact) mass is 329 g/mol. The number of rotatable bonds is 4. The molecule has 6 nitrogen and oxygen atoms in total. The third-order valence-electron chi connectivity index (χ3n) is 5.48. The van der Waals surface area contributed by atoms with Gasteiger partial charge in [-0.15, -0.1) is 0 Å². The summed E-state index contributed by atoms with van der Waals surface area (Å²) < 4.78 is 10.1. The van der Waals surface area contributed by atoms with Gasteiger partial charge in [0.05, 0.1) is 7.11 Å². The summed E-state index contributed by atoms with van der Waals surface area (Å²) in [5.41, 5.74) is 4.76. The zero-order valence-electron chi connectivity index (χ0n) is 12.9. The molecule has 2 aliphatic carbocycles. The molecule has 0 aromatic carbocycles. The highest BCUT2D eigenvalue weighted by atomic mass is 32.2. The van der Waals surface area contributed by atoms with Crippen LogP contribution in [0.1, 0.15) is 26.2 Å². The molecule has 7 atom stereocenters. The molecular formula is C15H23NO5S. The molecule has 7 heteroatoms. The van der Waals surface area contributed by atoms with Crippen molar-refractivity contribution in [1.29, 1.82) is 0 Å². The van der Waals surface area contributed by atoms with Crippen molar-refractivity contribution in [3.8, 4) is 0 Å². The number of nitrogens with two attached hydrogens (primary N) is 1. The number of ether oxygens (including phenoxy) is 2. The zero-order valence-corrected chi connectivity index (χ0v) is 13.7. The summed E-state index contributed by atoms with van der Waals surface area (Å²) in [5, 5.41) is 11.0. The smallest absolute Gasteiger partial charge is 0.323 e. The molecule has 22 heavy (non-hydrogen) atoms. The summed E-state index contributed by atoms with van der Waals surface area (Å²) in [6, 6.07) is -0.716. The van der Waals surface area contributed by atoms with Crippen LogP contribution in [0.2, 0.25) is 0 Å². The fraction of sp³-hybridized carbons (Fsp3) is 0.867. The van der Waals surface area contributed by atoms with Gasteiger partial charge < -0.3 is 20.3 Å². The SMILES string of the molecule is COC(=O)[C@@H](N)CS[C@H]1C2C(=O)O[C@@H]3CC[C@H](C[C@@H]1C)[C@]23O. The van der Waals surface area contributed by atoms with Crippen LogP contribution < -0.4 is 5.73 Å². The Hall–Kier alpha value is -0.790. The van der Waals surface area contributed by atoms with Crippen LogP contribution in [-0.4, -0.2) is 52.9 Å². The predicted octanol–water partition coefficient (Wildman–Crippen LogP) is 0.311. The largest absolute Gasteiger partial charge is 0.468 e. The molecule has 0 bridgehead atoms. The van der Waals surface area contributed by atoms with E-state index in [2.05, 4.69) is 11.7 Å². The molecule has 2 saturated carbocycles. The number of esters is 2. The minimum atomic E-state index is -1.03. The van der Waals surface area contributed by atoms with Crippen molar-refractivity contribution in [2.75, 3.05) is 12.9 Å². The van der Waals surface area contributed by atoms with Gasteiger partial charge in [-0.25, -0.2) is 0 Å². The van der Waals surface area contributed by atoms with E-state index in [4.69, 9.17) is 10.5 Å². The fourth-order valence-corrected chi connectivity index (χ4v) is 5.92. The van der Waals surface area contributed by atoms with Crippen LogP contribution in [-0.2, 0) is 19.1 Å². The number of hydrogen-bond acceptors (Lipinski definition) is 7. The molecule has 1 heterocycles. The summed E-state index contributed by atoms with van der Waals surface area (Å²) in [5.74, 6) is -0.488. The molecule has 3 fully saturated rings. The van der Waals surface area contributed by atoms with E-state index in [9.17, 15) is 14.7 Å². The fourth-order valence-electron chi connectivity index (χ4n) is 4.40. The van der Waals surface area contributed by atoms with Crippen LogP contribution in [0, 0.1) is 17.8 Å². The van der Waals surface area contributed by atoms with Crippen molar-refractivity contribution in [2.45, 2.75) is 49.2 Å². The molecule has 3 aliphatic rings. The second-order valence-corrected chi connectivity index (χ2v) is 7.92. The summed E-state index contributed by atoms with van der Waals surface area (Å²) in [4.78, 5) is 23.7. The van der Waals surface area contributed by atoms with Gasteiger partial charge in [-0.3, -0.25) is 9.59 Å². The van der Waals surface area contributed by atoms with Gasteiger partial charge >= 0.3 is 11.9 Å². The number of carbonyl (C=O) groups is 2. The van der Waals surface area contributed by atoms with Gasteiger partial charge in [0.1, 0.15) is 23.7 Å². The number of aliphatic hydroxyl groups is 1. The van der Waals surface area contributed by atoms with E-state index in [0.29, 0.717) is 5.75 Å². The van der Waals surface area contributed by atoms with Crippen LogP contribution in [0.15, 0.2) is 0 Å². The first-order chi connectivity index (χ1) is 10.4. The van der Waals surface area contributed by atoms with Crippen molar-refractivity contribution in [3.63, 3.8) is 0 Å². The second-order valence-electron chi connectivity index (χ2n) is 6.71. The summed E-state index contributed by atoms with van der Waals surface area (Å²) in [6.07, 6.45) is 2.18. The standard InChI is InChI=1S/C15H23NO5S/c1-7-5-8-3-4-10-15(8,19)11(14(18)21-10)12(7)22-6-9(16)13(17)20-2/h7-12,19H,3-6,16H2,1-2H3/t7-,8+,9-,10+,11?,12+,15+/m0/s1. The Morgan fingerprint density at radius 2 is 2.32 bits per heavy atom. The van der Waals surface area contributed by atoms with E-state index in [1.807, 2.05) is 0 Å². The lowest BCUT2D eigenvalue weighted by molar-refractivity contribution is -0.145. The molecule has 0 amide bonds. The van der Waals surface area contributed by atoms with E-state index in [-0.39, 0.29) is 29.2 Å². The van der Waals surface area contributed by atoms with Crippen molar-refractivity contribution in [3.05, 3.63) is 0 Å². The Kier molecular flexibility index (Phi) is 4.16. The minimum Gasteiger partial charge on any atom is -0.468 e. The van der Waals surface area contributed by atoms with Crippen molar-refractivity contribution >= 4 is 23.7 Å². The molecular weight excluding hydrogens is 306 g/mol. The molecule has 1 unspecified atom stereocenters. The van der Waals surface area contributed by atoms with Crippen LogP contribution in [0.3, 0.4) is 0 Å². The second kappa shape index (κ2) is 5.69. The van der Waals surface area contributed by atoms with Gasteiger partial charge in [0, 0.05) is 11.0 Å². The van der Waals surface area contributed by atoms with Crippen LogP contribution >= 0.6 is 11.8 Å². The van der Waals surface area contributed by atoms with Gasteiger partial charge in [0.15, 0.2) is 0 Å². The zero-order chi connectivity index (χ0) is 16.1. The minimum absolute atomic E-state index is 0.0763. The van der Waals surface area contributed by atoms with Crippen molar-refractivity contribution in [2.24, 2.45) is 23.5 Å². The Morgan fingerprint density at radius 1 is 1.59 bits per heavy atom. The van der Waals surface area contributed by atoms with Gasteiger partial charge in [0.25, 0.3) is 0 Å². The normalized spacial score (nSPS) is 44.4. The maximum atomic E-state index is 12.3. The summed E-state index contributed by atoms with van der Waals surface area (Å²) >= 11 is 1.48. The third kappa shape index (κ3) is 2.25. The molecule has 1 aliphatic heterocycles. The van der Waals surface area contributed by atoms with Gasteiger partial charge in [0.2, 0.25) is 0 Å². The first kappa shape index (κ1) is 16.1. The first-order valence-corrected chi connectivity index (χ1v) is 8.82. The van der Waals surface area contributed by atoms with Crippen LogP contribution in [0.5, 0.6) is 0 Å². The number of methoxy groups -OCH3 is 1. The number of carbonyl (C=O) groups excluding carboxylic acids is 2. The molecule has 0 aromatic rings. The number of hydrogen-bond donors (Lipinski definition) is 2. The lowest BCUT2D eigenvalue weighted by Crippen LogP contribution is -2.55. The first-order valence-electron chi connectivity index (χ1n) is 7.77. The Morgan fingerprint density at radius 3 is 3.00 bits per heavy atom. The number of thioether (sulfide) groups is 1. The van der Waals surface area contributed by atoms with Crippen LogP contribution in [0.4, 0.5) is 0 Å². The molecule has 3 rings (SSSR count). The highest BCUT2D eigenvalue weighted by molar-refractivity contribution is 8.00. The molecule has 124 valence electrons. The maximum Gasteiger partial charge on any atom is 0.323 e.